The van der Waals surface area contributed by atoms with Gasteiger partial charge < -0.3 is 0 Å². The number of rotatable bonds is 6. The lowest BCUT2D eigenvalue weighted by Crippen LogP contribution is -2.37. The largest absolute Gasteiger partial charge is 0.300 e. The Labute approximate surface area is 165 Å². The molecule has 2 aromatic heterocycles. The second kappa shape index (κ2) is 7.90. The van der Waals surface area contributed by atoms with Crippen LogP contribution in [0.2, 0.25) is 0 Å². The van der Waals surface area contributed by atoms with Gasteiger partial charge in [-0.3, -0.25) is 10.1 Å². The van der Waals surface area contributed by atoms with Crippen LogP contribution in [0.15, 0.2) is 52.2 Å². The van der Waals surface area contributed by atoms with Crippen LogP contribution < -0.4 is 5.32 Å². The number of benzene rings is 1. The van der Waals surface area contributed by atoms with Gasteiger partial charge in [0.1, 0.15) is 0 Å². The SMILES string of the molecule is O=C(Nc1nnc(SCc2ccccc2)s1)C1(c2cccs2)CCCC1. The van der Waals surface area contributed by atoms with Gasteiger partial charge in [0.2, 0.25) is 11.0 Å². The summed E-state index contributed by atoms with van der Waals surface area (Å²) in [5, 5.41) is 14.1. The summed E-state index contributed by atoms with van der Waals surface area (Å²) in [6.45, 7) is 0. The zero-order chi connectivity index (χ0) is 17.8. The van der Waals surface area contributed by atoms with Crippen LogP contribution in [0.4, 0.5) is 5.13 Å². The van der Waals surface area contributed by atoms with E-state index in [1.807, 2.05) is 29.6 Å². The highest BCUT2D eigenvalue weighted by Gasteiger charge is 2.43. The molecule has 0 saturated heterocycles. The van der Waals surface area contributed by atoms with Gasteiger partial charge in [-0.1, -0.05) is 72.3 Å². The molecule has 0 atom stereocenters. The van der Waals surface area contributed by atoms with Crippen molar-refractivity contribution in [3.63, 3.8) is 0 Å². The van der Waals surface area contributed by atoms with E-state index in [9.17, 15) is 4.79 Å². The maximum atomic E-state index is 13.1. The second-order valence-electron chi connectivity index (χ2n) is 6.37. The van der Waals surface area contributed by atoms with Crippen molar-refractivity contribution in [1.29, 1.82) is 0 Å². The molecule has 7 heteroatoms. The zero-order valence-corrected chi connectivity index (χ0v) is 16.6. The van der Waals surface area contributed by atoms with Gasteiger partial charge in [0.25, 0.3) is 0 Å². The number of hydrogen-bond acceptors (Lipinski definition) is 6. The first kappa shape index (κ1) is 17.7. The first-order valence-corrected chi connectivity index (χ1v) is 11.3. The second-order valence-corrected chi connectivity index (χ2v) is 9.52. The minimum Gasteiger partial charge on any atom is -0.300 e. The molecule has 1 aliphatic carbocycles. The van der Waals surface area contributed by atoms with Crippen LogP contribution in [0.1, 0.15) is 36.1 Å². The minimum atomic E-state index is -0.392. The maximum Gasteiger partial charge on any atom is 0.237 e. The average Bonchev–Trinajstić information content (AvgIpc) is 3.42. The number of nitrogens with zero attached hydrogens (tertiary/aromatic N) is 2. The van der Waals surface area contributed by atoms with Gasteiger partial charge in [0, 0.05) is 10.6 Å². The summed E-state index contributed by atoms with van der Waals surface area (Å²) >= 11 is 4.76. The van der Waals surface area contributed by atoms with E-state index in [-0.39, 0.29) is 5.91 Å². The number of nitrogens with one attached hydrogen (secondary N) is 1. The zero-order valence-electron chi connectivity index (χ0n) is 14.2. The smallest absolute Gasteiger partial charge is 0.237 e. The lowest BCUT2D eigenvalue weighted by molar-refractivity contribution is -0.121. The molecule has 1 saturated carbocycles. The summed E-state index contributed by atoms with van der Waals surface area (Å²) in [6, 6.07) is 14.4. The number of aromatic nitrogens is 2. The molecule has 1 fully saturated rings. The van der Waals surface area contributed by atoms with Crippen molar-refractivity contribution < 1.29 is 4.79 Å². The standard InChI is InChI=1S/C19H19N3OS3/c23-16(19(10-4-5-11-19)15-9-6-12-24-15)20-17-21-22-18(26-17)25-13-14-7-2-1-3-8-14/h1-3,6-9,12H,4-5,10-11,13H2,(H,20,21,23). The number of carbonyl (C=O) groups is 1. The fourth-order valence-electron chi connectivity index (χ4n) is 3.37. The number of hydrogen-bond donors (Lipinski definition) is 1. The maximum absolute atomic E-state index is 13.1. The highest BCUT2D eigenvalue weighted by atomic mass is 32.2. The van der Waals surface area contributed by atoms with Crippen molar-refractivity contribution in [2.75, 3.05) is 5.32 Å². The Morgan fingerprint density at radius 2 is 1.92 bits per heavy atom. The molecule has 26 heavy (non-hydrogen) atoms. The van der Waals surface area contributed by atoms with Gasteiger partial charge in [-0.05, 0) is 29.9 Å². The van der Waals surface area contributed by atoms with Crippen molar-refractivity contribution in [3.8, 4) is 0 Å². The summed E-state index contributed by atoms with van der Waals surface area (Å²) in [5.74, 6) is 0.913. The molecule has 1 N–H and O–H groups in total. The quantitative estimate of drug-likeness (QED) is 0.447. The first-order valence-electron chi connectivity index (χ1n) is 8.62. The molecule has 3 aromatic rings. The third kappa shape index (κ3) is 3.70. The molecule has 1 amide bonds. The fraction of sp³-hybridized carbons (Fsp3) is 0.316. The molecular weight excluding hydrogens is 382 g/mol. The Morgan fingerprint density at radius 3 is 2.65 bits per heavy atom. The van der Waals surface area contributed by atoms with E-state index in [4.69, 9.17) is 0 Å². The van der Waals surface area contributed by atoms with Crippen LogP contribution in [-0.4, -0.2) is 16.1 Å². The predicted molar refractivity (Wildman–Crippen MR) is 109 cm³/mol. The van der Waals surface area contributed by atoms with Gasteiger partial charge in [-0.25, -0.2) is 0 Å². The Morgan fingerprint density at radius 1 is 1.12 bits per heavy atom. The summed E-state index contributed by atoms with van der Waals surface area (Å²) in [6.07, 6.45) is 4.01. The lowest BCUT2D eigenvalue weighted by atomic mass is 9.83. The lowest BCUT2D eigenvalue weighted by Gasteiger charge is -2.25. The predicted octanol–water partition coefficient (Wildman–Crippen LogP) is 5.34. The molecule has 1 aliphatic rings. The van der Waals surface area contributed by atoms with E-state index >= 15 is 0 Å². The van der Waals surface area contributed by atoms with E-state index in [1.165, 1.54) is 16.9 Å². The van der Waals surface area contributed by atoms with Crippen LogP contribution in [0.25, 0.3) is 0 Å². The molecule has 0 unspecified atom stereocenters. The van der Waals surface area contributed by atoms with Gasteiger partial charge >= 0.3 is 0 Å². The summed E-state index contributed by atoms with van der Waals surface area (Å²) in [7, 11) is 0. The van der Waals surface area contributed by atoms with Gasteiger partial charge in [0.15, 0.2) is 4.34 Å². The van der Waals surface area contributed by atoms with Crippen molar-refractivity contribution in [1.82, 2.24) is 10.2 Å². The number of thiophene rings is 1. The highest BCUT2D eigenvalue weighted by Crippen LogP contribution is 2.44. The van der Waals surface area contributed by atoms with E-state index < -0.39 is 5.41 Å². The first-order chi connectivity index (χ1) is 12.8. The minimum absolute atomic E-state index is 0.0632. The van der Waals surface area contributed by atoms with Gasteiger partial charge in [-0.15, -0.1) is 21.5 Å². The molecule has 2 heterocycles. The Kier molecular flexibility index (Phi) is 5.38. The van der Waals surface area contributed by atoms with Crippen LogP contribution in [0.3, 0.4) is 0 Å². The van der Waals surface area contributed by atoms with E-state index in [1.54, 1.807) is 23.1 Å². The third-order valence-electron chi connectivity index (χ3n) is 4.72. The Bertz CT molecular complexity index is 855. The van der Waals surface area contributed by atoms with Crippen molar-refractivity contribution in [2.24, 2.45) is 0 Å². The van der Waals surface area contributed by atoms with Gasteiger partial charge in [-0.2, -0.15) is 0 Å². The average molecular weight is 402 g/mol. The van der Waals surface area contributed by atoms with Crippen LogP contribution >= 0.6 is 34.4 Å². The topological polar surface area (TPSA) is 54.9 Å². The fourth-order valence-corrected chi connectivity index (χ4v) is 6.06. The molecular formula is C19H19N3OS3. The Balaban J connectivity index is 1.42. The third-order valence-corrected chi connectivity index (χ3v) is 7.83. The molecule has 4 nitrogen and oxygen atoms in total. The monoisotopic (exact) mass is 401 g/mol. The summed E-state index contributed by atoms with van der Waals surface area (Å²) in [5.41, 5.74) is 0.859. The molecule has 0 aliphatic heterocycles. The molecule has 1 aromatic carbocycles. The van der Waals surface area contributed by atoms with Crippen LogP contribution in [0, 0.1) is 0 Å². The molecule has 0 radical (unpaired) electrons. The molecule has 0 bridgehead atoms. The van der Waals surface area contributed by atoms with Crippen LogP contribution in [0.5, 0.6) is 0 Å². The number of amides is 1. The normalized spacial score (nSPS) is 15.8. The van der Waals surface area contributed by atoms with E-state index in [0.717, 1.165) is 40.7 Å². The molecule has 0 spiro atoms. The van der Waals surface area contributed by atoms with Crippen molar-refractivity contribution >= 4 is 45.5 Å². The number of thioether (sulfide) groups is 1. The van der Waals surface area contributed by atoms with E-state index in [0.29, 0.717) is 5.13 Å². The van der Waals surface area contributed by atoms with Crippen molar-refractivity contribution in [3.05, 3.63) is 58.3 Å². The number of anilines is 1. The summed E-state index contributed by atoms with van der Waals surface area (Å²) < 4.78 is 0.876. The van der Waals surface area contributed by atoms with Gasteiger partial charge in [0.05, 0.1) is 5.41 Å². The molecule has 4 rings (SSSR count). The number of carbonyl (C=O) groups excluding carboxylic acids is 1. The molecule has 134 valence electrons. The Hall–Kier alpha value is -1.70. The summed E-state index contributed by atoms with van der Waals surface area (Å²) in [4.78, 5) is 14.2. The van der Waals surface area contributed by atoms with Crippen molar-refractivity contribution in [2.45, 2.75) is 41.2 Å². The van der Waals surface area contributed by atoms with E-state index in [2.05, 4.69) is 33.7 Å². The van der Waals surface area contributed by atoms with Crippen LogP contribution in [-0.2, 0) is 16.0 Å². The highest BCUT2D eigenvalue weighted by molar-refractivity contribution is 8.00.